The number of methoxy groups -OCH3 is 1. The fraction of sp³-hybridized carbons (Fsp3) is 0.231. The molecule has 90 valence electrons. The van der Waals surface area contributed by atoms with E-state index in [4.69, 9.17) is 9.15 Å². The molecule has 0 saturated carbocycles. The number of nitrogens with one attached hydrogen (secondary N) is 1. The number of rotatable bonds is 4. The minimum Gasteiger partial charge on any atom is -0.497 e. The van der Waals surface area contributed by atoms with E-state index in [1.165, 1.54) is 0 Å². The van der Waals surface area contributed by atoms with Crippen molar-refractivity contribution in [3.05, 3.63) is 40.6 Å². The van der Waals surface area contributed by atoms with Crippen LogP contribution in [0, 0.1) is 0 Å². The second kappa shape index (κ2) is 5.38. The maximum Gasteiger partial charge on any atom is 0.135 e. The molecular formula is C13H14BrNO2. The summed E-state index contributed by atoms with van der Waals surface area (Å²) in [7, 11) is 3.55. The molecule has 2 aromatic rings. The predicted molar refractivity (Wildman–Crippen MR) is 71.2 cm³/mol. The van der Waals surface area contributed by atoms with Crippen LogP contribution in [0.3, 0.4) is 0 Å². The van der Waals surface area contributed by atoms with Crippen LogP contribution in [-0.2, 0) is 6.54 Å². The monoisotopic (exact) mass is 295 g/mol. The average Bonchev–Trinajstić information content (AvgIpc) is 2.79. The maximum absolute atomic E-state index is 5.74. The van der Waals surface area contributed by atoms with Crippen molar-refractivity contribution in [1.82, 2.24) is 5.32 Å². The summed E-state index contributed by atoms with van der Waals surface area (Å²) in [5.41, 5.74) is 0.992. The van der Waals surface area contributed by atoms with Crippen LogP contribution in [0.5, 0.6) is 5.75 Å². The van der Waals surface area contributed by atoms with Crippen LogP contribution < -0.4 is 10.1 Å². The summed E-state index contributed by atoms with van der Waals surface area (Å²) in [6, 6.07) is 9.75. The summed E-state index contributed by atoms with van der Waals surface area (Å²) < 4.78 is 11.9. The third-order valence-electron chi connectivity index (χ3n) is 2.45. The highest BCUT2D eigenvalue weighted by molar-refractivity contribution is 9.10. The summed E-state index contributed by atoms with van der Waals surface area (Å²) in [5, 5.41) is 3.06. The molecule has 0 atom stereocenters. The van der Waals surface area contributed by atoms with E-state index in [-0.39, 0.29) is 0 Å². The number of hydrogen-bond acceptors (Lipinski definition) is 3. The van der Waals surface area contributed by atoms with Crippen LogP contribution in [0.4, 0.5) is 0 Å². The van der Waals surface area contributed by atoms with Crippen LogP contribution in [0.2, 0.25) is 0 Å². The smallest absolute Gasteiger partial charge is 0.135 e. The molecule has 3 nitrogen and oxygen atoms in total. The second-order valence-corrected chi connectivity index (χ2v) is 4.50. The highest BCUT2D eigenvalue weighted by Gasteiger charge is 2.09. The van der Waals surface area contributed by atoms with Gasteiger partial charge in [0.25, 0.3) is 0 Å². The summed E-state index contributed by atoms with van der Waals surface area (Å²) in [6.07, 6.45) is 0. The average molecular weight is 296 g/mol. The van der Waals surface area contributed by atoms with Gasteiger partial charge in [0.2, 0.25) is 0 Å². The lowest BCUT2D eigenvalue weighted by atomic mass is 10.1. The Kier molecular flexibility index (Phi) is 3.86. The Morgan fingerprint density at radius 2 is 2.12 bits per heavy atom. The van der Waals surface area contributed by atoms with Crippen LogP contribution in [0.25, 0.3) is 11.3 Å². The van der Waals surface area contributed by atoms with Gasteiger partial charge in [-0.1, -0.05) is 15.9 Å². The van der Waals surface area contributed by atoms with Gasteiger partial charge in [-0.25, -0.2) is 0 Å². The lowest BCUT2D eigenvalue weighted by Crippen LogP contribution is -2.03. The molecule has 0 spiro atoms. The topological polar surface area (TPSA) is 34.4 Å². The van der Waals surface area contributed by atoms with Gasteiger partial charge < -0.3 is 14.5 Å². The summed E-state index contributed by atoms with van der Waals surface area (Å²) in [4.78, 5) is 0. The Hall–Kier alpha value is -1.26. The molecule has 0 bridgehead atoms. The quantitative estimate of drug-likeness (QED) is 0.938. The van der Waals surface area contributed by atoms with E-state index in [2.05, 4.69) is 21.2 Å². The van der Waals surface area contributed by atoms with Gasteiger partial charge in [-0.3, -0.25) is 0 Å². The molecule has 0 unspecified atom stereocenters. The van der Waals surface area contributed by atoms with Gasteiger partial charge in [-0.05, 0) is 37.4 Å². The molecule has 0 saturated heterocycles. The Balaban J connectivity index is 2.37. The van der Waals surface area contributed by atoms with Crippen molar-refractivity contribution in [2.45, 2.75) is 6.54 Å². The van der Waals surface area contributed by atoms with E-state index < -0.39 is 0 Å². The van der Waals surface area contributed by atoms with Gasteiger partial charge in [0.15, 0.2) is 0 Å². The summed E-state index contributed by atoms with van der Waals surface area (Å²) in [5.74, 6) is 2.56. The molecule has 17 heavy (non-hydrogen) atoms. The molecule has 0 amide bonds. The fourth-order valence-corrected chi connectivity index (χ4v) is 2.05. The number of hydrogen-bond donors (Lipinski definition) is 1. The van der Waals surface area contributed by atoms with E-state index >= 15 is 0 Å². The highest BCUT2D eigenvalue weighted by Crippen LogP contribution is 2.32. The van der Waals surface area contributed by atoms with Gasteiger partial charge in [0.05, 0.1) is 13.7 Å². The lowest BCUT2D eigenvalue weighted by molar-refractivity contribution is 0.414. The number of benzene rings is 1. The van der Waals surface area contributed by atoms with Crippen molar-refractivity contribution in [2.24, 2.45) is 0 Å². The largest absolute Gasteiger partial charge is 0.497 e. The molecule has 1 N–H and O–H groups in total. The number of ether oxygens (including phenoxy) is 1. The molecule has 0 aliphatic carbocycles. The molecule has 1 aromatic heterocycles. The number of furan rings is 1. The first kappa shape index (κ1) is 12.2. The van der Waals surface area contributed by atoms with E-state index in [0.717, 1.165) is 33.9 Å². The minimum atomic E-state index is 0.724. The normalized spacial score (nSPS) is 10.5. The van der Waals surface area contributed by atoms with Gasteiger partial charge in [-0.2, -0.15) is 0 Å². The first-order chi connectivity index (χ1) is 8.24. The van der Waals surface area contributed by atoms with E-state index in [1.54, 1.807) is 7.11 Å². The van der Waals surface area contributed by atoms with Crippen molar-refractivity contribution in [2.75, 3.05) is 14.2 Å². The minimum absolute atomic E-state index is 0.724. The van der Waals surface area contributed by atoms with Gasteiger partial charge in [0, 0.05) is 10.0 Å². The predicted octanol–water partition coefficient (Wildman–Crippen LogP) is 3.44. The zero-order valence-corrected chi connectivity index (χ0v) is 11.4. The van der Waals surface area contributed by atoms with E-state index in [9.17, 15) is 0 Å². The lowest BCUT2D eigenvalue weighted by Gasteiger charge is -2.04. The Morgan fingerprint density at radius 1 is 1.29 bits per heavy atom. The number of halogens is 1. The summed E-state index contributed by atoms with van der Waals surface area (Å²) in [6.45, 7) is 0.724. The molecule has 4 heteroatoms. The molecule has 0 aliphatic heterocycles. The third-order valence-corrected chi connectivity index (χ3v) is 3.14. The Labute approximate surface area is 109 Å². The van der Waals surface area contributed by atoms with Gasteiger partial charge in [0.1, 0.15) is 17.3 Å². The standard InChI is InChI=1S/C13H14BrNO2/c1-15-8-10-4-6-13(17-10)11-7-9(16-2)3-5-12(11)14/h3-7,15H,8H2,1-2H3. The van der Waals surface area contributed by atoms with Gasteiger partial charge >= 0.3 is 0 Å². The molecule has 1 heterocycles. The first-order valence-corrected chi connectivity index (χ1v) is 6.11. The maximum atomic E-state index is 5.74. The molecule has 0 radical (unpaired) electrons. The molecule has 0 aliphatic rings. The molecule has 2 rings (SSSR count). The molecular weight excluding hydrogens is 282 g/mol. The van der Waals surface area contributed by atoms with Crippen LogP contribution in [-0.4, -0.2) is 14.2 Å². The van der Waals surface area contributed by atoms with Crippen molar-refractivity contribution in [3.63, 3.8) is 0 Å². The van der Waals surface area contributed by atoms with Crippen LogP contribution in [0.15, 0.2) is 39.2 Å². The van der Waals surface area contributed by atoms with Crippen LogP contribution >= 0.6 is 15.9 Å². The van der Waals surface area contributed by atoms with Crippen LogP contribution in [0.1, 0.15) is 5.76 Å². The zero-order chi connectivity index (χ0) is 12.3. The van der Waals surface area contributed by atoms with Crippen molar-refractivity contribution in [1.29, 1.82) is 0 Å². The second-order valence-electron chi connectivity index (χ2n) is 3.64. The molecule has 1 aromatic carbocycles. The SMILES string of the molecule is CNCc1ccc(-c2cc(OC)ccc2Br)o1. The van der Waals surface area contributed by atoms with Gasteiger partial charge in [-0.15, -0.1) is 0 Å². The highest BCUT2D eigenvalue weighted by atomic mass is 79.9. The van der Waals surface area contributed by atoms with E-state index in [1.807, 2.05) is 37.4 Å². The fourth-order valence-electron chi connectivity index (χ4n) is 1.61. The van der Waals surface area contributed by atoms with Crippen molar-refractivity contribution < 1.29 is 9.15 Å². The first-order valence-electron chi connectivity index (χ1n) is 5.32. The third kappa shape index (κ3) is 2.70. The Morgan fingerprint density at radius 3 is 2.82 bits per heavy atom. The Bertz CT molecular complexity index is 508. The molecule has 0 fully saturated rings. The van der Waals surface area contributed by atoms with Crippen molar-refractivity contribution in [3.8, 4) is 17.1 Å². The summed E-state index contributed by atoms with van der Waals surface area (Å²) >= 11 is 3.51. The van der Waals surface area contributed by atoms with Crippen molar-refractivity contribution >= 4 is 15.9 Å². The van der Waals surface area contributed by atoms with E-state index in [0.29, 0.717) is 0 Å². The zero-order valence-electron chi connectivity index (χ0n) is 9.79.